The minimum Gasteiger partial charge on any atom is -0.309 e. The predicted octanol–water partition coefficient (Wildman–Crippen LogP) is 15.6. The SMILES string of the molecule is c1ccc(-c2ccccc2N(c2ccc3c(c2)c2c(-c4ccccc4)cccc2n3-c2ccccc2)c2c(-c3ccccc3)c3ccccc3c3ccccc23)cc1. The Balaban J connectivity index is 1.31. The van der Waals surface area contributed by atoms with Crippen LogP contribution in [0.3, 0.4) is 0 Å². The third-order valence-corrected chi connectivity index (χ3v) is 11.6. The third kappa shape index (κ3) is 5.50. The first-order chi connectivity index (χ1) is 28.8. The summed E-state index contributed by atoms with van der Waals surface area (Å²) < 4.78 is 2.42. The molecule has 0 aliphatic carbocycles. The molecule has 0 unspecified atom stereocenters. The predicted molar refractivity (Wildman–Crippen MR) is 247 cm³/mol. The smallest absolute Gasteiger partial charge is 0.0625 e. The van der Waals surface area contributed by atoms with Crippen LogP contribution in [-0.2, 0) is 0 Å². The average molecular weight is 739 g/mol. The number of fused-ring (bicyclic) bond motifs is 6. The maximum atomic E-state index is 2.54. The van der Waals surface area contributed by atoms with Gasteiger partial charge in [0.2, 0.25) is 0 Å². The largest absolute Gasteiger partial charge is 0.309 e. The molecule has 0 radical (unpaired) electrons. The molecule has 0 spiro atoms. The second kappa shape index (κ2) is 14.1. The molecular formula is C56H38N2. The molecule has 2 nitrogen and oxygen atoms in total. The zero-order valence-electron chi connectivity index (χ0n) is 31.8. The van der Waals surface area contributed by atoms with Crippen LogP contribution in [0.1, 0.15) is 0 Å². The number of rotatable bonds is 7. The summed E-state index contributed by atoms with van der Waals surface area (Å²) in [5.74, 6) is 0. The Morgan fingerprint density at radius 1 is 0.328 bits per heavy atom. The van der Waals surface area contributed by atoms with Gasteiger partial charge in [0.15, 0.2) is 0 Å². The lowest BCUT2D eigenvalue weighted by Crippen LogP contribution is -2.13. The molecule has 0 aliphatic rings. The summed E-state index contributed by atoms with van der Waals surface area (Å²) in [5, 5.41) is 7.31. The summed E-state index contributed by atoms with van der Waals surface area (Å²) in [6, 6.07) is 83.8. The molecule has 0 aliphatic heterocycles. The van der Waals surface area contributed by atoms with E-state index in [2.05, 4.69) is 240 Å². The number of nitrogens with zero attached hydrogens (tertiary/aromatic N) is 2. The molecular weight excluding hydrogens is 701 g/mol. The first-order valence-corrected chi connectivity index (χ1v) is 19.9. The highest BCUT2D eigenvalue weighted by molar-refractivity contribution is 6.23. The molecule has 0 atom stereocenters. The third-order valence-electron chi connectivity index (χ3n) is 11.6. The quantitative estimate of drug-likeness (QED) is 0.148. The molecule has 0 saturated carbocycles. The molecule has 0 fully saturated rings. The van der Waals surface area contributed by atoms with E-state index in [4.69, 9.17) is 0 Å². The zero-order chi connectivity index (χ0) is 38.4. The lowest BCUT2D eigenvalue weighted by molar-refractivity contribution is 1.18. The summed E-state index contributed by atoms with van der Waals surface area (Å²) >= 11 is 0. The molecule has 0 bridgehead atoms. The van der Waals surface area contributed by atoms with Gasteiger partial charge in [-0.05, 0) is 80.9 Å². The van der Waals surface area contributed by atoms with Crippen molar-refractivity contribution in [1.82, 2.24) is 4.57 Å². The van der Waals surface area contributed by atoms with Crippen molar-refractivity contribution in [2.24, 2.45) is 0 Å². The van der Waals surface area contributed by atoms with E-state index in [-0.39, 0.29) is 0 Å². The summed E-state index contributed by atoms with van der Waals surface area (Å²) in [4.78, 5) is 2.54. The monoisotopic (exact) mass is 738 g/mol. The van der Waals surface area contributed by atoms with Gasteiger partial charge in [-0.25, -0.2) is 0 Å². The van der Waals surface area contributed by atoms with E-state index in [1.54, 1.807) is 0 Å². The minimum absolute atomic E-state index is 1.09. The van der Waals surface area contributed by atoms with Crippen molar-refractivity contribution in [1.29, 1.82) is 0 Å². The number of hydrogen-bond donors (Lipinski definition) is 0. The Morgan fingerprint density at radius 3 is 1.53 bits per heavy atom. The van der Waals surface area contributed by atoms with Crippen molar-refractivity contribution < 1.29 is 0 Å². The number of hydrogen-bond acceptors (Lipinski definition) is 1. The molecule has 2 heteroatoms. The van der Waals surface area contributed by atoms with Gasteiger partial charge in [0, 0.05) is 38.7 Å². The van der Waals surface area contributed by atoms with Crippen molar-refractivity contribution >= 4 is 60.4 Å². The standard InChI is InChI=1S/C56H38N2/c1-5-20-39(21-6-1)44-28-17-18-34-51(44)58(56-49-32-16-14-30-47(49)46-29-13-15-31-48(46)54(56)41-24-9-3-10-25-41)43-36-37-52-50(38-43)55-45(40-22-7-2-8-23-40)33-19-35-53(55)57(52)42-26-11-4-12-27-42/h1-38H. The Bertz CT molecular complexity index is 3260. The summed E-state index contributed by atoms with van der Waals surface area (Å²) in [6.45, 7) is 0. The van der Waals surface area contributed by atoms with Gasteiger partial charge in [-0.1, -0.05) is 188 Å². The highest BCUT2D eigenvalue weighted by Crippen LogP contribution is 2.52. The van der Waals surface area contributed by atoms with Crippen LogP contribution in [0, 0.1) is 0 Å². The molecule has 11 rings (SSSR count). The van der Waals surface area contributed by atoms with Gasteiger partial charge in [-0.15, -0.1) is 0 Å². The van der Waals surface area contributed by atoms with Crippen molar-refractivity contribution in [3.63, 3.8) is 0 Å². The number of aromatic nitrogens is 1. The fourth-order valence-electron chi connectivity index (χ4n) is 9.08. The molecule has 0 amide bonds. The topological polar surface area (TPSA) is 8.17 Å². The van der Waals surface area contributed by atoms with Crippen LogP contribution in [0.25, 0.3) is 82.4 Å². The minimum atomic E-state index is 1.09. The van der Waals surface area contributed by atoms with Crippen LogP contribution >= 0.6 is 0 Å². The second-order valence-electron chi connectivity index (χ2n) is 14.8. The van der Waals surface area contributed by atoms with Crippen molar-refractivity contribution in [3.8, 4) is 39.1 Å². The summed E-state index contributed by atoms with van der Waals surface area (Å²) in [5.41, 5.74) is 14.0. The van der Waals surface area contributed by atoms with Gasteiger partial charge in [-0.3, -0.25) is 0 Å². The van der Waals surface area contributed by atoms with Crippen LogP contribution in [0.15, 0.2) is 231 Å². The molecule has 272 valence electrons. The van der Waals surface area contributed by atoms with Crippen LogP contribution in [-0.4, -0.2) is 4.57 Å². The van der Waals surface area contributed by atoms with E-state index in [9.17, 15) is 0 Å². The van der Waals surface area contributed by atoms with Crippen molar-refractivity contribution in [3.05, 3.63) is 231 Å². The first-order valence-electron chi connectivity index (χ1n) is 19.9. The molecule has 1 heterocycles. The first kappa shape index (κ1) is 33.6. The molecule has 58 heavy (non-hydrogen) atoms. The van der Waals surface area contributed by atoms with E-state index >= 15 is 0 Å². The summed E-state index contributed by atoms with van der Waals surface area (Å²) in [6.07, 6.45) is 0. The number of para-hydroxylation sites is 2. The van der Waals surface area contributed by atoms with Crippen LogP contribution in [0.2, 0.25) is 0 Å². The summed E-state index contributed by atoms with van der Waals surface area (Å²) in [7, 11) is 0. The fourth-order valence-corrected chi connectivity index (χ4v) is 9.08. The Labute approximate surface area is 338 Å². The van der Waals surface area contributed by atoms with Crippen molar-refractivity contribution in [2.45, 2.75) is 0 Å². The van der Waals surface area contributed by atoms with E-state index in [1.165, 1.54) is 65.7 Å². The van der Waals surface area contributed by atoms with Gasteiger partial charge in [-0.2, -0.15) is 0 Å². The van der Waals surface area contributed by atoms with Crippen LogP contribution < -0.4 is 4.90 Å². The average Bonchev–Trinajstić information content (AvgIpc) is 3.64. The van der Waals surface area contributed by atoms with E-state index < -0.39 is 0 Å². The van der Waals surface area contributed by atoms with Crippen molar-refractivity contribution in [2.75, 3.05) is 4.90 Å². The fraction of sp³-hybridized carbons (Fsp3) is 0. The molecule has 11 aromatic rings. The lowest BCUT2D eigenvalue weighted by atomic mass is 9.89. The zero-order valence-corrected chi connectivity index (χ0v) is 31.8. The molecule has 1 aromatic heterocycles. The van der Waals surface area contributed by atoms with Gasteiger partial charge in [0.05, 0.1) is 22.4 Å². The normalized spacial score (nSPS) is 11.4. The van der Waals surface area contributed by atoms with Gasteiger partial charge in [0.25, 0.3) is 0 Å². The van der Waals surface area contributed by atoms with E-state index in [0.717, 1.165) is 33.8 Å². The van der Waals surface area contributed by atoms with Crippen LogP contribution in [0.5, 0.6) is 0 Å². The van der Waals surface area contributed by atoms with Gasteiger partial charge in [0.1, 0.15) is 0 Å². The second-order valence-corrected chi connectivity index (χ2v) is 14.8. The highest BCUT2D eigenvalue weighted by atomic mass is 15.2. The Hall–Kier alpha value is -7.68. The molecule has 10 aromatic carbocycles. The van der Waals surface area contributed by atoms with Crippen LogP contribution in [0.4, 0.5) is 17.1 Å². The van der Waals surface area contributed by atoms with Gasteiger partial charge >= 0.3 is 0 Å². The highest BCUT2D eigenvalue weighted by Gasteiger charge is 2.26. The molecule has 0 N–H and O–H groups in total. The van der Waals surface area contributed by atoms with E-state index in [1.807, 2.05) is 0 Å². The maximum absolute atomic E-state index is 2.54. The molecule has 0 saturated heterocycles. The number of anilines is 3. The lowest BCUT2D eigenvalue weighted by Gasteiger charge is -2.32. The maximum Gasteiger partial charge on any atom is 0.0625 e. The van der Waals surface area contributed by atoms with E-state index in [0.29, 0.717) is 0 Å². The Morgan fingerprint density at radius 2 is 0.845 bits per heavy atom. The number of benzene rings is 10. The Kier molecular flexibility index (Phi) is 8.19. The van der Waals surface area contributed by atoms with Gasteiger partial charge < -0.3 is 9.47 Å².